The molecule has 0 aliphatic carbocycles. The monoisotopic (exact) mass is 266 g/mol. The fraction of sp³-hybridized carbons (Fsp3) is 0.462. The molecule has 1 rings (SSSR count). The van der Waals surface area contributed by atoms with Crippen LogP contribution in [-0.2, 0) is 4.79 Å². The highest BCUT2D eigenvalue weighted by Gasteiger charge is 2.20. The van der Waals surface area contributed by atoms with E-state index in [-0.39, 0.29) is 12.1 Å². The number of nitrogens with one attached hydrogen (secondary N) is 1. The number of nitro groups is 1. The molecule has 104 valence electrons. The number of benzene rings is 1. The van der Waals surface area contributed by atoms with Gasteiger partial charge >= 0.3 is 5.97 Å². The van der Waals surface area contributed by atoms with Gasteiger partial charge in [-0.3, -0.25) is 14.9 Å². The van der Waals surface area contributed by atoms with E-state index in [2.05, 4.69) is 5.32 Å². The van der Waals surface area contributed by atoms with Crippen molar-refractivity contribution < 1.29 is 14.8 Å². The fourth-order valence-corrected chi connectivity index (χ4v) is 1.76. The molecule has 0 heterocycles. The molecule has 2 N–H and O–H groups in total. The molecule has 0 saturated carbocycles. The van der Waals surface area contributed by atoms with Crippen LogP contribution in [0.3, 0.4) is 0 Å². The molecule has 0 aromatic heterocycles. The fourth-order valence-electron chi connectivity index (χ4n) is 1.76. The van der Waals surface area contributed by atoms with Crippen LogP contribution in [-0.4, -0.2) is 21.5 Å². The summed E-state index contributed by atoms with van der Waals surface area (Å²) in [5.74, 6) is -0.857. The van der Waals surface area contributed by atoms with Crippen LogP contribution in [0.25, 0.3) is 0 Å². The van der Waals surface area contributed by atoms with Gasteiger partial charge in [0.15, 0.2) is 0 Å². The first kappa shape index (κ1) is 14.9. The molecule has 0 aliphatic rings. The number of nitrogens with zero attached hydrogens (tertiary/aromatic N) is 1. The molecule has 0 saturated heterocycles. The number of nitro benzene ring substituents is 1. The maximum atomic E-state index is 10.9. The molecule has 1 aromatic carbocycles. The molecule has 0 fully saturated rings. The van der Waals surface area contributed by atoms with Gasteiger partial charge in [-0.2, -0.15) is 0 Å². The van der Waals surface area contributed by atoms with Crippen molar-refractivity contribution in [3.63, 3.8) is 0 Å². The van der Waals surface area contributed by atoms with E-state index in [0.29, 0.717) is 17.7 Å². The molecule has 6 nitrogen and oxygen atoms in total. The summed E-state index contributed by atoms with van der Waals surface area (Å²) in [6, 6.07) is 4.90. The highest BCUT2D eigenvalue weighted by atomic mass is 16.6. The van der Waals surface area contributed by atoms with E-state index in [9.17, 15) is 14.9 Å². The highest BCUT2D eigenvalue weighted by molar-refractivity contribution is 5.67. The van der Waals surface area contributed by atoms with Gasteiger partial charge in [0, 0.05) is 29.3 Å². The van der Waals surface area contributed by atoms with E-state index in [1.54, 1.807) is 19.1 Å². The zero-order chi connectivity index (χ0) is 14.6. The molecule has 0 bridgehead atoms. The number of aryl methyl sites for hydroxylation is 1. The summed E-state index contributed by atoms with van der Waals surface area (Å²) in [7, 11) is 0. The predicted molar refractivity (Wildman–Crippen MR) is 72.4 cm³/mol. The number of carboxylic acid groups (broad SMARTS) is 1. The van der Waals surface area contributed by atoms with Crippen LogP contribution >= 0.6 is 0 Å². The van der Waals surface area contributed by atoms with Gasteiger partial charge in [0.1, 0.15) is 0 Å². The normalized spacial score (nSPS) is 11.1. The molecule has 0 amide bonds. The standard InChI is InChI=1S/C13H18N2O4/c1-9-4-5-10(8-11(9)15(18)19)14-13(2,3)7-6-12(16)17/h4-5,8,14H,6-7H2,1-3H3,(H,16,17). The summed E-state index contributed by atoms with van der Waals surface area (Å²) >= 11 is 0. The maximum Gasteiger partial charge on any atom is 0.303 e. The maximum absolute atomic E-state index is 10.9. The Labute approximate surface area is 111 Å². The SMILES string of the molecule is Cc1ccc(NC(C)(C)CCC(=O)O)cc1[N+](=O)[O-]. The number of hydrogen-bond acceptors (Lipinski definition) is 4. The van der Waals surface area contributed by atoms with Crippen LogP contribution < -0.4 is 5.32 Å². The third kappa shape index (κ3) is 4.57. The first-order chi connectivity index (χ1) is 8.71. The minimum Gasteiger partial charge on any atom is -0.481 e. The minimum absolute atomic E-state index is 0.0496. The Balaban J connectivity index is 2.84. The van der Waals surface area contributed by atoms with Gasteiger partial charge in [0.05, 0.1) is 4.92 Å². The number of aliphatic carboxylic acids is 1. The second kappa shape index (κ2) is 5.69. The van der Waals surface area contributed by atoms with Crippen molar-refractivity contribution in [2.45, 2.75) is 39.2 Å². The quantitative estimate of drug-likeness (QED) is 0.610. The summed E-state index contributed by atoms with van der Waals surface area (Å²) in [5, 5.41) is 22.7. The molecule has 0 unspecified atom stereocenters. The van der Waals surface area contributed by atoms with Crippen LogP contribution in [0.2, 0.25) is 0 Å². The number of carboxylic acids is 1. The second-order valence-electron chi connectivity index (χ2n) is 5.16. The smallest absolute Gasteiger partial charge is 0.303 e. The van der Waals surface area contributed by atoms with Gasteiger partial charge in [0.25, 0.3) is 5.69 Å². The third-order valence-electron chi connectivity index (χ3n) is 2.85. The Morgan fingerprint density at radius 3 is 2.63 bits per heavy atom. The number of anilines is 1. The first-order valence-electron chi connectivity index (χ1n) is 5.96. The lowest BCUT2D eigenvalue weighted by Gasteiger charge is -2.27. The van der Waals surface area contributed by atoms with E-state index < -0.39 is 16.4 Å². The van der Waals surface area contributed by atoms with Gasteiger partial charge in [-0.15, -0.1) is 0 Å². The van der Waals surface area contributed by atoms with Crippen molar-refractivity contribution >= 4 is 17.3 Å². The highest BCUT2D eigenvalue weighted by Crippen LogP contribution is 2.26. The van der Waals surface area contributed by atoms with Gasteiger partial charge in [-0.1, -0.05) is 6.07 Å². The lowest BCUT2D eigenvalue weighted by Crippen LogP contribution is -2.31. The Kier molecular flexibility index (Phi) is 4.47. The van der Waals surface area contributed by atoms with Crippen molar-refractivity contribution in [3.05, 3.63) is 33.9 Å². The molecule has 0 aliphatic heterocycles. The Morgan fingerprint density at radius 1 is 1.47 bits per heavy atom. The van der Waals surface area contributed by atoms with Crippen molar-refractivity contribution in [3.8, 4) is 0 Å². The molecule has 6 heteroatoms. The van der Waals surface area contributed by atoms with E-state index in [1.807, 2.05) is 13.8 Å². The van der Waals surface area contributed by atoms with Crippen LogP contribution in [0.15, 0.2) is 18.2 Å². The van der Waals surface area contributed by atoms with Gasteiger partial charge in [-0.05, 0) is 33.3 Å². The molecule has 1 aromatic rings. The minimum atomic E-state index is -0.857. The van der Waals surface area contributed by atoms with Crippen molar-refractivity contribution in [1.29, 1.82) is 0 Å². The van der Waals surface area contributed by atoms with Gasteiger partial charge in [0.2, 0.25) is 0 Å². The second-order valence-corrected chi connectivity index (χ2v) is 5.16. The van der Waals surface area contributed by atoms with Gasteiger partial charge < -0.3 is 10.4 Å². The van der Waals surface area contributed by atoms with E-state index in [0.717, 1.165) is 0 Å². The van der Waals surface area contributed by atoms with Crippen molar-refractivity contribution in [2.75, 3.05) is 5.32 Å². The van der Waals surface area contributed by atoms with E-state index >= 15 is 0 Å². The number of rotatable bonds is 6. The molecule has 0 spiro atoms. The molecular formula is C13H18N2O4. The number of hydrogen-bond donors (Lipinski definition) is 2. The average Bonchev–Trinajstić information content (AvgIpc) is 2.28. The lowest BCUT2D eigenvalue weighted by molar-refractivity contribution is -0.385. The Hall–Kier alpha value is -2.11. The topological polar surface area (TPSA) is 92.5 Å². The lowest BCUT2D eigenvalue weighted by atomic mass is 9.97. The van der Waals surface area contributed by atoms with E-state index in [1.165, 1.54) is 6.07 Å². The average molecular weight is 266 g/mol. The predicted octanol–water partition coefficient (Wildman–Crippen LogP) is 2.96. The summed E-state index contributed by atoms with van der Waals surface area (Å²) in [6.45, 7) is 5.40. The summed E-state index contributed by atoms with van der Waals surface area (Å²) in [4.78, 5) is 21.0. The molecule has 0 atom stereocenters. The van der Waals surface area contributed by atoms with Crippen LogP contribution in [0.1, 0.15) is 32.3 Å². The zero-order valence-corrected chi connectivity index (χ0v) is 11.3. The Morgan fingerprint density at radius 2 is 2.11 bits per heavy atom. The summed E-state index contributed by atoms with van der Waals surface area (Å²) in [6.07, 6.45) is 0.484. The van der Waals surface area contributed by atoms with Crippen molar-refractivity contribution in [1.82, 2.24) is 0 Å². The third-order valence-corrected chi connectivity index (χ3v) is 2.85. The largest absolute Gasteiger partial charge is 0.481 e. The van der Waals surface area contributed by atoms with Crippen LogP contribution in [0.4, 0.5) is 11.4 Å². The van der Waals surface area contributed by atoms with Crippen molar-refractivity contribution in [2.24, 2.45) is 0 Å². The molecular weight excluding hydrogens is 248 g/mol. The molecule has 0 radical (unpaired) electrons. The van der Waals surface area contributed by atoms with Gasteiger partial charge in [-0.25, -0.2) is 0 Å². The van der Waals surface area contributed by atoms with Crippen LogP contribution in [0.5, 0.6) is 0 Å². The summed E-state index contributed by atoms with van der Waals surface area (Å²) < 4.78 is 0. The summed E-state index contributed by atoms with van der Waals surface area (Å²) in [5.41, 5.74) is 0.826. The van der Waals surface area contributed by atoms with E-state index in [4.69, 9.17) is 5.11 Å². The Bertz CT molecular complexity index is 497. The molecule has 19 heavy (non-hydrogen) atoms. The number of carbonyl (C=O) groups is 1. The first-order valence-corrected chi connectivity index (χ1v) is 5.96. The van der Waals surface area contributed by atoms with Crippen LogP contribution in [0, 0.1) is 17.0 Å². The zero-order valence-electron chi connectivity index (χ0n) is 11.3.